The molecule has 2 heterocycles. The van der Waals surface area contributed by atoms with E-state index in [9.17, 15) is 4.79 Å². The van der Waals surface area contributed by atoms with Gasteiger partial charge in [-0.15, -0.1) is 0 Å². The smallest absolute Gasteiger partial charge is 0.227 e. The second kappa shape index (κ2) is 4.55. The lowest BCUT2D eigenvalue weighted by Gasteiger charge is -2.21. The number of amides is 1. The van der Waals surface area contributed by atoms with Crippen molar-refractivity contribution < 1.29 is 9.32 Å². The summed E-state index contributed by atoms with van der Waals surface area (Å²) in [6.07, 6.45) is 1.00. The van der Waals surface area contributed by atoms with Gasteiger partial charge in [-0.05, 0) is 17.3 Å². The highest BCUT2D eigenvalue weighted by molar-refractivity contribution is 5.77. The van der Waals surface area contributed by atoms with E-state index in [1.54, 1.807) is 0 Å². The predicted octanol–water partition coefficient (Wildman–Crippen LogP) is 2.41. The monoisotopic (exact) mass is 291 g/mol. The molecule has 5 nitrogen and oxygen atoms in total. The second-order valence-electron chi connectivity index (χ2n) is 8.09. The van der Waals surface area contributed by atoms with Gasteiger partial charge in [-0.1, -0.05) is 39.8 Å². The van der Waals surface area contributed by atoms with E-state index in [-0.39, 0.29) is 11.3 Å². The summed E-state index contributed by atoms with van der Waals surface area (Å²) in [7, 11) is 0. The number of carbonyl (C=O) groups excluding carboxylic acids is 1. The highest BCUT2D eigenvalue weighted by atomic mass is 16.5. The Balaban J connectivity index is 1.50. The van der Waals surface area contributed by atoms with Gasteiger partial charge in [0.25, 0.3) is 0 Å². The average Bonchev–Trinajstić information content (AvgIpc) is 2.90. The van der Waals surface area contributed by atoms with E-state index in [4.69, 9.17) is 4.52 Å². The van der Waals surface area contributed by atoms with Crippen LogP contribution in [0.5, 0.6) is 0 Å². The first kappa shape index (κ1) is 14.5. The van der Waals surface area contributed by atoms with Gasteiger partial charge in [0, 0.05) is 31.3 Å². The lowest BCUT2D eigenvalue weighted by Crippen LogP contribution is -2.33. The fourth-order valence-corrected chi connectivity index (χ4v) is 3.37. The van der Waals surface area contributed by atoms with Crippen LogP contribution in [0.1, 0.15) is 52.8 Å². The maximum Gasteiger partial charge on any atom is 0.227 e. The zero-order valence-electron chi connectivity index (χ0n) is 13.6. The van der Waals surface area contributed by atoms with Crippen LogP contribution in [0, 0.1) is 17.3 Å². The summed E-state index contributed by atoms with van der Waals surface area (Å²) < 4.78 is 5.24. The SMILES string of the molecule is CC(C)(C)c1noc(CCC(=O)N2CC3C(C2)C3(C)C)n1. The first-order valence-corrected chi connectivity index (χ1v) is 7.80. The topological polar surface area (TPSA) is 59.2 Å². The van der Waals surface area contributed by atoms with Gasteiger partial charge in [0.05, 0.1) is 0 Å². The van der Waals surface area contributed by atoms with E-state index in [1.165, 1.54) is 0 Å². The molecule has 0 bridgehead atoms. The third kappa shape index (κ3) is 2.58. The van der Waals surface area contributed by atoms with Crippen LogP contribution in [0.25, 0.3) is 0 Å². The number of nitrogens with zero attached hydrogens (tertiary/aromatic N) is 3. The minimum atomic E-state index is -0.117. The number of carbonyl (C=O) groups is 1. The van der Waals surface area contributed by atoms with E-state index in [1.807, 2.05) is 25.7 Å². The highest BCUT2D eigenvalue weighted by Gasteiger charge is 2.62. The van der Waals surface area contributed by atoms with Gasteiger partial charge in [0.2, 0.25) is 11.8 Å². The molecular formula is C16H25N3O2. The van der Waals surface area contributed by atoms with Gasteiger partial charge in [0.15, 0.2) is 5.82 Å². The molecule has 1 saturated heterocycles. The minimum Gasteiger partial charge on any atom is -0.342 e. The van der Waals surface area contributed by atoms with E-state index in [0.717, 1.165) is 13.1 Å². The Hall–Kier alpha value is -1.39. The normalized spacial score (nSPS) is 26.8. The Bertz CT molecular complexity index is 542. The molecule has 0 radical (unpaired) electrons. The fourth-order valence-electron chi connectivity index (χ4n) is 3.37. The van der Waals surface area contributed by atoms with E-state index in [2.05, 4.69) is 24.0 Å². The molecule has 0 N–H and O–H groups in total. The number of rotatable bonds is 3. The molecule has 3 rings (SSSR count). The molecule has 1 aromatic rings. The van der Waals surface area contributed by atoms with Crippen molar-refractivity contribution in [2.45, 2.75) is 52.9 Å². The molecule has 2 unspecified atom stereocenters. The molecular weight excluding hydrogens is 266 g/mol. The molecule has 1 amide bonds. The maximum atomic E-state index is 12.2. The number of likely N-dealkylation sites (tertiary alicyclic amines) is 1. The van der Waals surface area contributed by atoms with Crippen molar-refractivity contribution in [3.05, 3.63) is 11.7 Å². The lowest BCUT2D eigenvalue weighted by molar-refractivity contribution is -0.131. The minimum absolute atomic E-state index is 0.117. The van der Waals surface area contributed by atoms with E-state index in [0.29, 0.717) is 41.8 Å². The Morgan fingerprint density at radius 1 is 1.33 bits per heavy atom. The summed E-state index contributed by atoms with van der Waals surface area (Å²) in [4.78, 5) is 18.6. The van der Waals surface area contributed by atoms with E-state index < -0.39 is 0 Å². The summed E-state index contributed by atoms with van der Waals surface area (Å²) in [6, 6.07) is 0. The Kier molecular flexibility index (Phi) is 3.15. The van der Waals surface area contributed by atoms with Crippen LogP contribution in [0.3, 0.4) is 0 Å². The number of hydrogen-bond acceptors (Lipinski definition) is 4. The van der Waals surface area contributed by atoms with Crippen LogP contribution in [-0.4, -0.2) is 34.0 Å². The molecule has 2 fully saturated rings. The van der Waals surface area contributed by atoms with Crippen molar-refractivity contribution in [1.82, 2.24) is 15.0 Å². The average molecular weight is 291 g/mol. The molecule has 1 saturated carbocycles. The maximum absolute atomic E-state index is 12.2. The first-order chi connectivity index (χ1) is 9.69. The summed E-state index contributed by atoms with van der Waals surface area (Å²) in [6.45, 7) is 12.6. The number of hydrogen-bond donors (Lipinski definition) is 0. The number of aryl methyl sites for hydroxylation is 1. The van der Waals surface area contributed by atoms with Gasteiger partial charge in [-0.3, -0.25) is 4.79 Å². The summed E-state index contributed by atoms with van der Waals surface area (Å²) in [5.74, 6) is 2.90. The fraction of sp³-hybridized carbons (Fsp3) is 0.812. The van der Waals surface area contributed by atoms with Crippen LogP contribution in [-0.2, 0) is 16.6 Å². The van der Waals surface area contributed by atoms with Crippen molar-refractivity contribution in [3.63, 3.8) is 0 Å². The molecule has 21 heavy (non-hydrogen) atoms. The zero-order chi connectivity index (χ0) is 15.4. The number of aromatic nitrogens is 2. The molecule has 1 aliphatic carbocycles. The van der Waals surface area contributed by atoms with Crippen molar-refractivity contribution in [3.8, 4) is 0 Å². The molecule has 1 aromatic heterocycles. The number of piperidine rings is 1. The molecule has 5 heteroatoms. The molecule has 0 aromatic carbocycles. The van der Waals surface area contributed by atoms with Gasteiger partial charge in [0.1, 0.15) is 0 Å². The molecule has 0 spiro atoms. The lowest BCUT2D eigenvalue weighted by atomic mass is 9.96. The largest absolute Gasteiger partial charge is 0.342 e. The van der Waals surface area contributed by atoms with Gasteiger partial charge >= 0.3 is 0 Å². The first-order valence-electron chi connectivity index (χ1n) is 7.80. The predicted molar refractivity (Wildman–Crippen MR) is 78.7 cm³/mol. The van der Waals surface area contributed by atoms with Crippen molar-refractivity contribution in [1.29, 1.82) is 0 Å². The van der Waals surface area contributed by atoms with Gasteiger partial charge < -0.3 is 9.42 Å². The summed E-state index contributed by atoms with van der Waals surface area (Å²) >= 11 is 0. The molecule has 2 aliphatic rings. The van der Waals surface area contributed by atoms with Crippen molar-refractivity contribution in [2.24, 2.45) is 17.3 Å². The van der Waals surface area contributed by atoms with Crippen molar-refractivity contribution >= 4 is 5.91 Å². The Morgan fingerprint density at radius 2 is 1.95 bits per heavy atom. The molecule has 1 aliphatic heterocycles. The standard InChI is InChI=1S/C16H25N3O2/c1-15(2,3)14-17-12(21-18-14)6-7-13(20)19-8-10-11(9-19)16(10,4)5/h10-11H,6-9H2,1-5H3. The van der Waals surface area contributed by atoms with Crippen LogP contribution >= 0.6 is 0 Å². The quantitative estimate of drug-likeness (QED) is 0.858. The zero-order valence-corrected chi connectivity index (χ0v) is 13.6. The third-order valence-electron chi connectivity index (χ3n) is 5.17. The highest BCUT2D eigenvalue weighted by Crippen LogP contribution is 2.61. The van der Waals surface area contributed by atoms with E-state index >= 15 is 0 Å². The van der Waals surface area contributed by atoms with Crippen LogP contribution in [0.2, 0.25) is 0 Å². The van der Waals surface area contributed by atoms with Gasteiger partial charge in [-0.2, -0.15) is 4.98 Å². The Labute approximate surface area is 126 Å². The summed E-state index contributed by atoms with van der Waals surface area (Å²) in [5.41, 5.74) is 0.332. The second-order valence-corrected chi connectivity index (χ2v) is 8.09. The number of fused-ring (bicyclic) bond motifs is 1. The van der Waals surface area contributed by atoms with Crippen molar-refractivity contribution in [2.75, 3.05) is 13.1 Å². The van der Waals surface area contributed by atoms with Gasteiger partial charge in [-0.25, -0.2) is 0 Å². The van der Waals surface area contributed by atoms with Crippen LogP contribution in [0.15, 0.2) is 4.52 Å². The third-order valence-corrected chi connectivity index (χ3v) is 5.17. The molecule has 116 valence electrons. The molecule has 2 atom stereocenters. The Morgan fingerprint density at radius 3 is 2.48 bits per heavy atom. The van der Waals surface area contributed by atoms with Crippen LogP contribution in [0.4, 0.5) is 0 Å². The van der Waals surface area contributed by atoms with Crippen LogP contribution < -0.4 is 0 Å². The summed E-state index contributed by atoms with van der Waals surface area (Å²) in [5, 5.41) is 3.99.